The maximum absolute atomic E-state index is 12.4. The van der Waals surface area contributed by atoms with Crippen molar-refractivity contribution in [1.29, 1.82) is 0 Å². The molecule has 1 rings (SSSR count). The van der Waals surface area contributed by atoms with E-state index in [2.05, 4.69) is 5.32 Å². The van der Waals surface area contributed by atoms with Crippen LogP contribution in [0, 0.1) is 5.92 Å². The molecule has 0 radical (unpaired) electrons. The van der Waals surface area contributed by atoms with Gasteiger partial charge in [-0.2, -0.15) is 0 Å². The van der Waals surface area contributed by atoms with Gasteiger partial charge >= 0.3 is 12.0 Å². The Morgan fingerprint density at radius 1 is 1.43 bits per heavy atom. The second-order valence-electron chi connectivity index (χ2n) is 6.38. The Balaban J connectivity index is 2.82. The summed E-state index contributed by atoms with van der Waals surface area (Å²) in [7, 11) is 0. The molecule has 2 unspecified atom stereocenters. The van der Waals surface area contributed by atoms with Crippen LogP contribution in [-0.2, 0) is 4.79 Å². The van der Waals surface area contributed by atoms with Crippen LogP contribution < -0.4 is 5.32 Å². The predicted octanol–water partition coefficient (Wildman–Crippen LogP) is 1.82. The Bertz CT molecular complexity index is 373. The van der Waals surface area contributed by atoms with Gasteiger partial charge in [-0.25, -0.2) is 9.59 Å². The third-order valence-corrected chi connectivity index (χ3v) is 4.19. The molecule has 6 nitrogen and oxygen atoms in total. The van der Waals surface area contributed by atoms with Crippen LogP contribution >= 0.6 is 0 Å². The number of aliphatic carboxylic acids is 1. The minimum Gasteiger partial charge on any atom is -0.480 e. The molecule has 0 saturated heterocycles. The van der Waals surface area contributed by atoms with Crippen molar-refractivity contribution in [2.75, 3.05) is 13.2 Å². The van der Waals surface area contributed by atoms with E-state index in [1.54, 1.807) is 4.90 Å². The van der Waals surface area contributed by atoms with E-state index in [9.17, 15) is 14.7 Å². The van der Waals surface area contributed by atoms with Crippen molar-refractivity contribution in [1.82, 2.24) is 10.2 Å². The number of hydrogen-bond acceptors (Lipinski definition) is 3. The molecule has 0 aromatic carbocycles. The van der Waals surface area contributed by atoms with Crippen LogP contribution in [0.3, 0.4) is 0 Å². The molecule has 1 saturated carbocycles. The summed E-state index contributed by atoms with van der Waals surface area (Å²) in [6.07, 6.45) is 3.25. The number of aliphatic hydroxyl groups is 1. The Labute approximate surface area is 126 Å². The largest absolute Gasteiger partial charge is 0.480 e. The van der Waals surface area contributed by atoms with E-state index in [4.69, 9.17) is 5.11 Å². The van der Waals surface area contributed by atoms with Gasteiger partial charge < -0.3 is 20.4 Å². The van der Waals surface area contributed by atoms with Crippen molar-refractivity contribution in [3.8, 4) is 0 Å². The summed E-state index contributed by atoms with van der Waals surface area (Å²) < 4.78 is 0. The van der Waals surface area contributed by atoms with Crippen LogP contribution in [0.2, 0.25) is 0 Å². The lowest BCUT2D eigenvalue weighted by Gasteiger charge is -2.39. The van der Waals surface area contributed by atoms with Crippen molar-refractivity contribution < 1.29 is 19.8 Å². The summed E-state index contributed by atoms with van der Waals surface area (Å²) in [5.41, 5.74) is -1.15. The zero-order valence-electron chi connectivity index (χ0n) is 13.3. The summed E-state index contributed by atoms with van der Waals surface area (Å²) in [4.78, 5) is 25.7. The van der Waals surface area contributed by atoms with Crippen molar-refractivity contribution in [2.45, 2.75) is 64.5 Å². The summed E-state index contributed by atoms with van der Waals surface area (Å²) in [6, 6.07) is -0.390. The number of nitrogens with one attached hydrogen (secondary N) is 1. The first kappa shape index (κ1) is 17.8. The first-order chi connectivity index (χ1) is 9.82. The normalized spacial score (nSPS) is 25.7. The van der Waals surface area contributed by atoms with E-state index in [0.717, 1.165) is 12.8 Å². The minimum absolute atomic E-state index is 0.0115. The van der Waals surface area contributed by atoms with Gasteiger partial charge in [-0.1, -0.05) is 19.8 Å². The van der Waals surface area contributed by atoms with E-state index in [-0.39, 0.29) is 18.7 Å². The molecular formula is C15H28N2O4. The van der Waals surface area contributed by atoms with Gasteiger partial charge in [-0.05, 0) is 39.0 Å². The van der Waals surface area contributed by atoms with Gasteiger partial charge in [0.1, 0.15) is 5.54 Å². The van der Waals surface area contributed by atoms with Crippen LogP contribution in [0.1, 0.15) is 52.9 Å². The highest BCUT2D eigenvalue weighted by atomic mass is 16.4. The van der Waals surface area contributed by atoms with Gasteiger partial charge in [0, 0.05) is 19.2 Å². The van der Waals surface area contributed by atoms with Gasteiger partial charge in [-0.3, -0.25) is 0 Å². The zero-order chi connectivity index (χ0) is 16.0. The number of rotatable bonds is 6. The van der Waals surface area contributed by atoms with Crippen LogP contribution in [-0.4, -0.2) is 51.8 Å². The second-order valence-corrected chi connectivity index (χ2v) is 6.38. The number of carboxylic acids is 1. The third kappa shape index (κ3) is 4.59. The zero-order valence-corrected chi connectivity index (χ0v) is 13.3. The highest BCUT2D eigenvalue weighted by Crippen LogP contribution is 2.32. The molecule has 0 aromatic rings. The fourth-order valence-corrected chi connectivity index (χ4v) is 3.02. The van der Waals surface area contributed by atoms with Gasteiger partial charge in [0.25, 0.3) is 0 Å². The fourth-order valence-electron chi connectivity index (χ4n) is 3.02. The van der Waals surface area contributed by atoms with Crippen LogP contribution in [0.4, 0.5) is 4.79 Å². The van der Waals surface area contributed by atoms with E-state index in [1.807, 2.05) is 20.8 Å². The molecule has 1 fully saturated rings. The minimum atomic E-state index is -1.15. The molecule has 0 aromatic heterocycles. The number of carboxylic acid groups (broad SMARTS) is 1. The molecule has 2 amide bonds. The number of amides is 2. The first-order valence-corrected chi connectivity index (χ1v) is 7.75. The number of carbonyl (C=O) groups excluding carboxylic acids is 1. The van der Waals surface area contributed by atoms with Gasteiger partial charge in [0.15, 0.2) is 0 Å². The summed E-state index contributed by atoms with van der Waals surface area (Å²) in [6.45, 7) is 6.22. The number of aliphatic hydroxyl groups excluding tert-OH is 1. The number of carbonyl (C=O) groups is 2. The number of urea groups is 1. The summed E-state index contributed by atoms with van der Waals surface area (Å²) >= 11 is 0. The average Bonchev–Trinajstić information content (AvgIpc) is 2.38. The van der Waals surface area contributed by atoms with Crippen LogP contribution in [0.25, 0.3) is 0 Å². The number of hydrogen-bond donors (Lipinski definition) is 3. The lowest BCUT2D eigenvalue weighted by Crippen LogP contribution is -2.60. The van der Waals surface area contributed by atoms with E-state index in [1.165, 1.54) is 0 Å². The molecule has 0 aliphatic heterocycles. The maximum atomic E-state index is 12.4. The lowest BCUT2D eigenvalue weighted by atomic mass is 9.76. The standard InChI is InChI=1S/C15H28N2O4/c1-11(2)17(8-5-9-18)14(21)16-15(13(19)20)7-4-6-12(3)10-15/h11-12,18H,4-10H2,1-3H3,(H,16,21)(H,19,20). The van der Waals surface area contributed by atoms with E-state index >= 15 is 0 Å². The molecule has 1 aliphatic rings. The molecule has 1 aliphatic carbocycles. The van der Waals surface area contributed by atoms with Crippen molar-refractivity contribution in [3.05, 3.63) is 0 Å². The van der Waals surface area contributed by atoms with Crippen molar-refractivity contribution >= 4 is 12.0 Å². The van der Waals surface area contributed by atoms with E-state index < -0.39 is 11.5 Å². The van der Waals surface area contributed by atoms with Crippen molar-refractivity contribution in [2.24, 2.45) is 5.92 Å². The molecule has 6 heteroatoms. The van der Waals surface area contributed by atoms with Crippen molar-refractivity contribution in [3.63, 3.8) is 0 Å². The van der Waals surface area contributed by atoms with Crippen LogP contribution in [0.15, 0.2) is 0 Å². The summed E-state index contributed by atoms with van der Waals surface area (Å²) in [5.74, 6) is -0.659. The fraction of sp³-hybridized carbons (Fsp3) is 0.867. The average molecular weight is 300 g/mol. The van der Waals surface area contributed by atoms with Gasteiger partial charge in [-0.15, -0.1) is 0 Å². The second kappa shape index (κ2) is 7.64. The maximum Gasteiger partial charge on any atom is 0.329 e. The lowest BCUT2D eigenvalue weighted by molar-refractivity contribution is -0.146. The molecule has 0 heterocycles. The molecule has 0 spiro atoms. The molecular weight excluding hydrogens is 272 g/mol. The Kier molecular flexibility index (Phi) is 6.45. The SMILES string of the molecule is CC1CCCC(NC(=O)N(CCCO)C(C)C)(C(=O)O)C1. The molecule has 0 bridgehead atoms. The van der Waals surface area contributed by atoms with E-state index in [0.29, 0.717) is 31.7 Å². The predicted molar refractivity (Wildman–Crippen MR) is 80.1 cm³/mol. The summed E-state index contributed by atoms with van der Waals surface area (Å²) in [5, 5.41) is 21.3. The molecule has 3 N–H and O–H groups in total. The Hall–Kier alpha value is -1.30. The molecule has 122 valence electrons. The number of nitrogens with zero attached hydrogens (tertiary/aromatic N) is 1. The highest BCUT2D eigenvalue weighted by Gasteiger charge is 2.44. The third-order valence-electron chi connectivity index (χ3n) is 4.19. The quantitative estimate of drug-likeness (QED) is 0.698. The highest BCUT2D eigenvalue weighted by molar-refractivity contribution is 5.86. The molecule has 21 heavy (non-hydrogen) atoms. The van der Waals surface area contributed by atoms with Crippen LogP contribution in [0.5, 0.6) is 0 Å². The smallest absolute Gasteiger partial charge is 0.329 e. The Morgan fingerprint density at radius 3 is 2.57 bits per heavy atom. The van der Waals surface area contributed by atoms with Gasteiger partial charge in [0.05, 0.1) is 0 Å². The monoisotopic (exact) mass is 300 g/mol. The van der Waals surface area contributed by atoms with Gasteiger partial charge in [0.2, 0.25) is 0 Å². The molecule has 2 atom stereocenters. The Morgan fingerprint density at radius 2 is 2.10 bits per heavy atom. The topological polar surface area (TPSA) is 89.9 Å². The first-order valence-electron chi connectivity index (χ1n) is 7.75.